The summed E-state index contributed by atoms with van der Waals surface area (Å²) in [6, 6.07) is 8.40. The van der Waals surface area contributed by atoms with Crippen molar-refractivity contribution in [2.75, 3.05) is 12.4 Å². The summed E-state index contributed by atoms with van der Waals surface area (Å²) in [6.07, 6.45) is 0. The lowest BCUT2D eigenvalue weighted by Crippen LogP contribution is -1.99. The van der Waals surface area contributed by atoms with E-state index < -0.39 is 0 Å². The number of methoxy groups -OCH3 is 1. The molecule has 0 fully saturated rings. The second kappa shape index (κ2) is 5.75. The highest BCUT2D eigenvalue weighted by Crippen LogP contribution is 2.13. The minimum Gasteiger partial charge on any atom is -0.377 e. The summed E-state index contributed by atoms with van der Waals surface area (Å²) in [4.78, 5) is 4.31. The number of hydrogen-bond acceptors (Lipinski definition) is 5. The fraction of sp³-hybridized carbons (Fsp3) is 0.333. The van der Waals surface area contributed by atoms with Crippen LogP contribution in [-0.2, 0) is 17.9 Å². The molecular formula is C12H15N3OS. The number of nitrogens with one attached hydrogen (secondary N) is 1. The molecule has 0 amide bonds. The smallest absolute Gasteiger partial charge is 0.202 e. The molecule has 1 heterocycles. The average Bonchev–Trinajstić information content (AvgIpc) is 2.75. The van der Waals surface area contributed by atoms with Crippen molar-refractivity contribution >= 4 is 16.7 Å². The lowest BCUT2D eigenvalue weighted by atomic mass is 10.1. The standard InChI is InChI=1S/C12H15N3OS/c1-9-4-3-5-10(6-9)7-13-12-14-11(8-16-2)15-17-12/h3-6H,7-8H2,1-2H3,(H,13,14,15). The van der Waals surface area contributed by atoms with Crippen LogP contribution in [0.4, 0.5) is 5.13 Å². The van der Waals surface area contributed by atoms with Crippen LogP contribution in [0.3, 0.4) is 0 Å². The normalized spacial score (nSPS) is 10.5. The van der Waals surface area contributed by atoms with Gasteiger partial charge in [0.15, 0.2) is 5.82 Å². The molecule has 1 N–H and O–H groups in total. The van der Waals surface area contributed by atoms with E-state index in [0.717, 1.165) is 17.5 Å². The first-order valence-electron chi connectivity index (χ1n) is 5.39. The minimum atomic E-state index is 0.461. The van der Waals surface area contributed by atoms with Crippen molar-refractivity contribution in [2.24, 2.45) is 0 Å². The average molecular weight is 249 g/mol. The Morgan fingerprint density at radius 1 is 1.41 bits per heavy atom. The maximum atomic E-state index is 4.97. The Bertz CT molecular complexity index is 484. The van der Waals surface area contributed by atoms with Crippen molar-refractivity contribution in [3.05, 3.63) is 41.2 Å². The molecule has 5 heteroatoms. The van der Waals surface area contributed by atoms with Crippen molar-refractivity contribution < 1.29 is 4.74 Å². The molecule has 90 valence electrons. The molecule has 2 aromatic rings. The van der Waals surface area contributed by atoms with E-state index in [2.05, 4.69) is 45.9 Å². The summed E-state index contributed by atoms with van der Waals surface area (Å²) in [5, 5.41) is 4.09. The molecule has 0 saturated heterocycles. The fourth-order valence-corrected chi connectivity index (χ4v) is 2.08. The summed E-state index contributed by atoms with van der Waals surface area (Å²) < 4.78 is 9.15. The van der Waals surface area contributed by atoms with E-state index in [1.807, 2.05) is 0 Å². The third kappa shape index (κ3) is 3.51. The highest BCUT2D eigenvalue weighted by molar-refractivity contribution is 7.09. The maximum absolute atomic E-state index is 4.97. The first kappa shape index (κ1) is 12.0. The third-order valence-electron chi connectivity index (χ3n) is 2.27. The number of aryl methyl sites for hydroxylation is 1. The van der Waals surface area contributed by atoms with Crippen molar-refractivity contribution in [2.45, 2.75) is 20.1 Å². The second-order valence-corrected chi connectivity index (χ2v) is 4.54. The molecule has 0 aliphatic heterocycles. The summed E-state index contributed by atoms with van der Waals surface area (Å²) >= 11 is 1.36. The van der Waals surface area contributed by atoms with E-state index in [-0.39, 0.29) is 0 Å². The van der Waals surface area contributed by atoms with E-state index in [1.54, 1.807) is 7.11 Å². The fourth-order valence-electron chi connectivity index (χ4n) is 1.51. The topological polar surface area (TPSA) is 47.0 Å². The van der Waals surface area contributed by atoms with Crippen LogP contribution in [0.5, 0.6) is 0 Å². The molecule has 4 nitrogen and oxygen atoms in total. The molecule has 0 spiro atoms. The van der Waals surface area contributed by atoms with Gasteiger partial charge in [0.1, 0.15) is 6.61 Å². The molecule has 0 aliphatic rings. The molecule has 0 radical (unpaired) electrons. The number of aromatic nitrogens is 2. The number of ether oxygens (including phenoxy) is 1. The summed E-state index contributed by atoms with van der Waals surface area (Å²) in [5.74, 6) is 0.726. The van der Waals surface area contributed by atoms with Crippen LogP contribution in [-0.4, -0.2) is 16.5 Å². The Labute approximate surface area is 105 Å². The lowest BCUT2D eigenvalue weighted by Gasteiger charge is -2.03. The first-order valence-corrected chi connectivity index (χ1v) is 6.16. The van der Waals surface area contributed by atoms with Crippen molar-refractivity contribution in [3.8, 4) is 0 Å². The Kier molecular flexibility index (Phi) is 4.06. The van der Waals surface area contributed by atoms with E-state index in [1.165, 1.54) is 22.7 Å². The SMILES string of the molecule is COCc1nsc(NCc2cccc(C)c2)n1. The van der Waals surface area contributed by atoms with Gasteiger partial charge in [-0.15, -0.1) is 0 Å². The van der Waals surface area contributed by atoms with Crippen LogP contribution < -0.4 is 5.32 Å². The highest BCUT2D eigenvalue weighted by atomic mass is 32.1. The Hall–Kier alpha value is -1.46. The van der Waals surface area contributed by atoms with Gasteiger partial charge in [-0.3, -0.25) is 0 Å². The number of nitrogens with zero attached hydrogens (tertiary/aromatic N) is 2. The molecule has 17 heavy (non-hydrogen) atoms. The second-order valence-electron chi connectivity index (χ2n) is 3.79. The van der Waals surface area contributed by atoms with E-state index in [9.17, 15) is 0 Å². The number of rotatable bonds is 5. The molecule has 0 saturated carbocycles. The molecular weight excluding hydrogens is 234 g/mol. The summed E-state index contributed by atoms with van der Waals surface area (Å²) in [5.41, 5.74) is 2.51. The zero-order valence-electron chi connectivity index (χ0n) is 9.93. The molecule has 0 atom stereocenters. The lowest BCUT2D eigenvalue weighted by molar-refractivity contribution is 0.179. The first-order chi connectivity index (χ1) is 8.28. The van der Waals surface area contributed by atoms with Crippen molar-refractivity contribution in [1.82, 2.24) is 9.36 Å². The van der Waals surface area contributed by atoms with Gasteiger partial charge in [0, 0.05) is 25.2 Å². The van der Waals surface area contributed by atoms with E-state index in [0.29, 0.717) is 6.61 Å². The number of hydrogen-bond donors (Lipinski definition) is 1. The van der Waals surface area contributed by atoms with Crippen LogP contribution in [0.1, 0.15) is 17.0 Å². The van der Waals surface area contributed by atoms with Crippen molar-refractivity contribution in [1.29, 1.82) is 0 Å². The third-order valence-corrected chi connectivity index (χ3v) is 2.98. The van der Waals surface area contributed by atoms with Crippen LogP contribution in [0.25, 0.3) is 0 Å². The van der Waals surface area contributed by atoms with E-state index >= 15 is 0 Å². The van der Waals surface area contributed by atoms with Gasteiger partial charge in [0.05, 0.1) is 0 Å². The Morgan fingerprint density at radius 3 is 3.06 bits per heavy atom. The zero-order valence-corrected chi connectivity index (χ0v) is 10.8. The van der Waals surface area contributed by atoms with Crippen LogP contribution in [0.2, 0.25) is 0 Å². The van der Waals surface area contributed by atoms with Crippen LogP contribution in [0, 0.1) is 6.92 Å². The molecule has 0 bridgehead atoms. The molecule has 2 rings (SSSR count). The molecule has 1 aromatic heterocycles. The Morgan fingerprint density at radius 2 is 2.29 bits per heavy atom. The van der Waals surface area contributed by atoms with Crippen LogP contribution >= 0.6 is 11.5 Å². The van der Waals surface area contributed by atoms with Gasteiger partial charge in [0.25, 0.3) is 0 Å². The van der Waals surface area contributed by atoms with Crippen LogP contribution in [0.15, 0.2) is 24.3 Å². The summed E-state index contributed by atoms with van der Waals surface area (Å²) in [7, 11) is 1.64. The summed E-state index contributed by atoms with van der Waals surface area (Å²) in [6.45, 7) is 3.32. The maximum Gasteiger partial charge on any atom is 0.202 e. The van der Waals surface area contributed by atoms with Gasteiger partial charge in [-0.25, -0.2) is 4.98 Å². The van der Waals surface area contributed by atoms with Gasteiger partial charge in [0.2, 0.25) is 5.13 Å². The molecule has 1 aromatic carbocycles. The molecule has 0 aliphatic carbocycles. The quantitative estimate of drug-likeness (QED) is 0.884. The predicted octanol–water partition coefficient (Wildman–Crippen LogP) is 2.61. The molecule has 0 unspecified atom stereocenters. The monoisotopic (exact) mass is 249 g/mol. The minimum absolute atomic E-state index is 0.461. The van der Waals surface area contributed by atoms with Gasteiger partial charge in [-0.05, 0) is 12.5 Å². The zero-order chi connectivity index (χ0) is 12.1. The largest absolute Gasteiger partial charge is 0.377 e. The predicted molar refractivity (Wildman–Crippen MR) is 69.1 cm³/mol. The van der Waals surface area contributed by atoms with Gasteiger partial charge in [-0.1, -0.05) is 29.8 Å². The Balaban J connectivity index is 1.93. The van der Waals surface area contributed by atoms with Gasteiger partial charge < -0.3 is 10.1 Å². The number of benzene rings is 1. The van der Waals surface area contributed by atoms with E-state index in [4.69, 9.17) is 4.74 Å². The number of anilines is 1. The van der Waals surface area contributed by atoms with Crippen molar-refractivity contribution in [3.63, 3.8) is 0 Å². The highest BCUT2D eigenvalue weighted by Gasteiger charge is 2.02. The van der Waals surface area contributed by atoms with Gasteiger partial charge in [-0.2, -0.15) is 4.37 Å². The van der Waals surface area contributed by atoms with Gasteiger partial charge >= 0.3 is 0 Å².